The summed E-state index contributed by atoms with van der Waals surface area (Å²) in [7, 11) is -2.19. The number of anilines is 1. The normalized spacial score (nSPS) is 12.1. The number of hydrogen-bond donors (Lipinski definition) is 1. The van der Waals surface area contributed by atoms with Crippen LogP contribution in [0.1, 0.15) is 37.8 Å². The second-order valence-corrected chi connectivity index (χ2v) is 14.0. The Balaban J connectivity index is 1.88. The molecule has 0 fully saturated rings. The van der Waals surface area contributed by atoms with Crippen molar-refractivity contribution in [3.8, 4) is 5.75 Å². The van der Waals surface area contributed by atoms with Crippen LogP contribution in [0.15, 0.2) is 77.3 Å². The Morgan fingerprint density at radius 1 is 1.00 bits per heavy atom. The summed E-state index contributed by atoms with van der Waals surface area (Å²) in [5.74, 6) is 0.196. The van der Waals surface area contributed by atoms with Crippen LogP contribution in [-0.4, -0.2) is 57.6 Å². The third-order valence-corrected chi connectivity index (χ3v) is 8.82. The third-order valence-electron chi connectivity index (χ3n) is 6.80. The highest BCUT2D eigenvalue weighted by atomic mass is 79.9. The highest BCUT2D eigenvalue weighted by Gasteiger charge is 2.30. The minimum absolute atomic E-state index is 0.0369. The number of halogens is 2. The van der Waals surface area contributed by atoms with Crippen LogP contribution in [0.25, 0.3) is 0 Å². The predicted molar refractivity (Wildman–Crippen MR) is 176 cm³/mol. The van der Waals surface area contributed by atoms with E-state index in [0.717, 1.165) is 21.9 Å². The number of benzene rings is 3. The summed E-state index contributed by atoms with van der Waals surface area (Å²) in [6.45, 7) is 4.80. The number of ether oxygens (including phenoxy) is 1. The molecule has 1 atom stereocenters. The van der Waals surface area contributed by atoms with E-state index >= 15 is 0 Å². The minimum Gasteiger partial charge on any atom is -0.495 e. The van der Waals surface area contributed by atoms with E-state index in [9.17, 15) is 18.0 Å². The summed E-state index contributed by atoms with van der Waals surface area (Å²) in [5, 5.41) is 3.29. The van der Waals surface area contributed by atoms with Gasteiger partial charge in [-0.1, -0.05) is 83.8 Å². The maximum absolute atomic E-state index is 13.9. The van der Waals surface area contributed by atoms with Crippen molar-refractivity contribution in [3.63, 3.8) is 0 Å². The fourth-order valence-corrected chi connectivity index (χ4v) is 6.05. The Kier molecular flexibility index (Phi) is 12.9. The number of carbonyl (C=O) groups is 2. The van der Waals surface area contributed by atoms with Gasteiger partial charge in [0.05, 0.1) is 24.1 Å². The molecule has 43 heavy (non-hydrogen) atoms. The topological polar surface area (TPSA) is 96.0 Å². The van der Waals surface area contributed by atoms with E-state index in [1.165, 1.54) is 17.5 Å². The van der Waals surface area contributed by atoms with Gasteiger partial charge < -0.3 is 15.0 Å². The molecule has 0 aliphatic rings. The van der Waals surface area contributed by atoms with E-state index in [2.05, 4.69) is 21.2 Å². The second kappa shape index (κ2) is 16.1. The Hall–Kier alpha value is -3.08. The number of hydrogen-bond acceptors (Lipinski definition) is 5. The van der Waals surface area contributed by atoms with Crippen LogP contribution in [0.3, 0.4) is 0 Å². The molecular weight excluding hydrogens is 654 g/mol. The zero-order valence-corrected chi connectivity index (χ0v) is 28.1. The summed E-state index contributed by atoms with van der Waals surface area (Å²) < 4.78 is 32.7. The summed E-state index contributed by atoms with van der Waals surface area (Å²) in [4.78, 5) is 29.1. The zero-order chi connectivity index (χ0) is 31.6. The van der Waals surface area contributed by atoms with E-state index in [1.807, 2.05) is 68.4 Å². The molecule has 8 nitrogen and oxygen atoms in total. The SMILES string of the molecule is COc1ccc(N(CCCC(=O)N(Cc2ccc(Br)cc2)[C@@H](Cc2ccccc2)C(=O)NCC(C)C)S(C)(=O)=O)cc1Cl. The number of sulfonamides is 1. The lowest BCUT2D eigenvalue weighted by molar-refractivity contribution is -0.141. The molecule has 0 aliphatic carbocycles. The molecular formula is C32H39BrClN3O5S. The summed E-state index contributed by atoms with van der Waals surface area (Å²) >= 11 is 9.72. The van der Waals surface area contributed by atoms with Gasteiger partial charge in [-0.3, -0.25) is 13.9 Å². The quantitative estimate of drug-likeness (QED) is 0.209. The lowest BCUT2D eigenvalue weighted by Crippen LogP contribution is -2.51. The smallest absolute Gasteiger partial charge is 0.243 e. The fourth-order valence-electron chi connectivity index (χ4n) is 4.58. The lowest BCUT2D eigenvalue weighted by Gasteiger charge is -2.32. The van der Waals surface area contributed by atoms with Crippen LogP contribution in [0.4, 0.5) is 5.69 Å². The second-order valence-electron chi connectivity index (χ2n) is 10.8. The third kappa shape index (κ3) is 10.5. The Morgan fingerprint density at radius 2 is 1.67 bits per heavy atom. The molecule has 0 aliphatic heterocycles. The first kappa shape index (κ1) is 34.4. The summed E-state index contributed by atoms with van der Waals surface area (Å²) in [5.41, 5.74) is 2.18. The van der Waals surface area contributed by atoms with Gasteiger partial charge in [-0.15, -0.1) is 0 Å². The van der Waals surface area contributed by atoms with E-state index in [4.69, 9.17) is 16.3 Å². The monoisotopic (exact) mass is 691 g/mol. The molecule has 3 rings (SSSR count). The van der Waals surface area contributed by atoms with Crippen molar-refractivity contribution < 1.29 is 22.7 Å². The van der Waals surface area contributed by atoms with Crippen molar-refractivity contribution in [2.24, 2.45) is 5.92 Å². The summed E-state index contributed by atoms with van der Waals surface area (Å²) in [6.07, 6.45) is 1.72. The largest absolute Gasteiger partial charge is 0.495 e. The van der Waals surface area contributed by atoms with Gasteiger partial charge in [0.25, 0.3) is 0 Å². The Labute approximate surface area is 268 Å². The molecule has 0 saturated carbocycles. The number of amides is 2. The van der Waals surface area contributed by atoms with Crippen molar-refractivity contribution in [1.82, 2.24) is 10.2 Å². The first-order valence-electron chi connectivity index (χ1n) is 14.1. The first-order chi connectivity index (χ1) is 20.4. The van der Waals surface area contributed by atoms with Crippen molar-refractivity contribution >= 4 is 55.1 Å². The number of nitrogens with zero attached hydrogens (tertiary/aromatic N) is 2. The van der Waals surface area contributed by atoms with Crippen LogP contribution in [0, 0.1) is 5.92 Å². The van der Waals surface area contributed by atoms with Crippen LogP contribution in [0.2, 0.25) is 5.02 Å². The van der Waals surface area contributed by atoms with E-state index in [-0.39, 0.29) is 48.7 Å². The standard InChI is InChI=1S/C32H39BrClN3O5S/c1-23(2)21-35-32(39)29(19-24-9-6-5-7-10-24)36(22-25-12-14-26(33)15-13-25)31(38)11-8-18-37(43(4,40)41)27-16-17-30(42-3)28(34)20-27/h5-7,9-10,12-17,20,23,29H,8,11,18-19,21-22H2,1-4H3,(H,35,39)/t29-/m0/s1. The molecule has 1 N–H and O–H groups in total. The van der Waals surface area contributed by atoms with Crippen LogP contribution >= 0.6 is 27.5 Å². The molecule has 0 saturated heterocycles. The van der Waals surface area contributed by atoms with Gasteiger partial charge in [0.2, 0.25) is 21.8 Å². The first-order valence-corrected chi connectivity index (χ1v) is 17.1. The van der Waals surface area contributed by atoms with E-state index in [1.54, 1.807) is 17.0 Å². The molecule has 0 heterocycles. The fraction of sp³-hybridized carbons (Fsp3) is 0.375. The minimum atomic E-state index is -3.67. The maximum Gasteiger partial charge on any atom is 0.243 e. The van der Waals surface area contributed by atoms with Crippen LogP contribution in [0.5, 0.6) is 5.75 Å². The average molecular weight is 693 g/mol. The Morgan fingerprint density at radius 3 is 2.26 bits per heavy atom. The maximum atomic E-state index is 13.9. The van der Waals surface area contributed by atoms with Gasteiger partial charge in [-0.25, -0.2) is 8.42 Å². The van der Waals surface area contributed by atoms with Gasteiger partial charge in [0.15, 0.2) is 0 Å². The highest BCUT2D eigenvalue weighted by molar-refractivity contribution is 9.10. The number of methoxy groups -OCH3 is 1. The predicted octanol–water partition coefficient (Wildman–Crippen LogP) is 6.07. The van der Waals surface area contributed by atoms with Gasteiger partial charge in [0, 0.05) is 36.9 Å². The van der Waals surface area contributed by atoms with Crippen molar-refractivity contribution in [1.29, 1.82) is 0 Å². The molecule has 3 aromatic carbocycles. The van der Waals surface area contributed by atoms with E-state index in [0.29, 0.717) is 24.4 Å². The van der Waals surface area contributed by atoms with Crippen LogP contribution < -0.4 is 14.4 Å². The molecule has 0 unspecified atom stereocenters. The molecule has 2 amide bonds. The van der Waals surface area contributed by atoms with Gasteiger partial charge in [0.1, 0.15) is 11.8 Å². The summed E-state index contributed by atoms with van der Waals surface area (Å²) in [6, 6.07) is 21.2. The van der Waals surface area contributed by atoms with Gasteiger partial charge in [-0.2, -0.15) is 0 Å². The van der Waals surface area contributed by atoms with Gasteiger partial charge in [-0.05, 0) is 53.8 Å². The molecule has 0 spiro atoms. The molecule has 11 heteroatoms. The molecule has 3 aromatic rings. The van der Waals surface area contributed by atoms with Gasteiger partial charge >= 0.3 is 0 Å². The van der Waals surface area contributed by atoms with Crippen molar-refractivity contribution in [2.45, 2.75) is 45.7 Å². The highest BCUT2D eigenvalue weighted by Crippen LogP contribution is 2.30. The van der Waals surface area contributed by atoms with E-state index < -0.39 is 16.1 Å². The zero-order valence-electron chi connectivity index (χ0n) is 24.9. The number of nitrogens with one attached hydrogen (secondary N) is 1. The van der Waals surface area contributed by atoms with Crippen LogP contribution in [-0.2, 0) is 32.6 Å². The van der Waals surface area contributed by atoms with Crippen molar-refractivity contribution in [3.05, 3.63) is 93.4 Å². The Bertz CT molecular complexity index is 1470. The molecule has 232 valence electrons. The number of carbonyl (C=O) groups excluding carboxylic acids is 2. The lowest BCUT2D eigenvalue weighted by atomic mass is 10.0. The molecule has 0 radical (unpaired) electrons. The number of rotatable bonds is 15. The average Bonchev–Trinajstić information content (AvgIpc) is 2.96. The molecule has 0 bridgehead atoms. The van der Waals surface area contributed by atoms with Crippen molar-refractivity contribution in [2.75, 3.05) is 30.8 Å². The molecule has 0 aromatic heterocycles.